The van der Waals surface area contributed by atoms with Gasteiger partial charge in [-0.05, 0) is 38.8 Å². The van der Waals surface area contributed by atoms with Crippen LogP contribution >= 0.6 is 11.5 Å². The van der Waals surface area contributed by atoms with Gasteiger partial charge in [0.25, 0.3) is 0 Å². The van der Waals surface area contributed by atoms with Crippen molar-refractivity contribution in [1.29, 1.82) is 0 Å². The molecular weight excluding hydrogens is 248 g/mol. The van der Waals surface area contributed by atoms with Crippen LogP contribution in [0, 0.1) is 5.92 Å². The lowest BCUT2D eigenvalue weighted by atomic mass is 9.92. The van der Waals surface area contributed by atoms with E-state index in [4.69, 9.17) is 0 Å². The first-order valence-electron chi connectivity index (χ1n) is 6.46. The Labute approximate surface area is 113 Å². The molecule has 18 heavy (non-hydrogen) atoms. The summed E-state index contributed by atoms with van der Waals surface area (Å²) in [5.74, 6) is 1.38. The number of hydrogen-bond acceptors (Lipinski definition) is 6. The van der Waals surface area contributed by atoms with Gasteiger partial charge in [-0.25, -0.2) is 4.98 Å². The van der Waals surface area contributed by atoms with Crippen molar-refractivity contribution in [3.05, 3.63) is 5.82 Å². The molecule has 0 saturated carbocycles. The summed E-state index contributed by atoms with van der Waals surface area (Å²) in [5.41, 5.74) is 0. The lowest BCUT2D eigenvalue weighted by Gasteiger charge is -2.32. The third kappa shape index (κ3) is 3.40. The second-order valence-corrected chi connectivity index (χ2v) is 5.97. The number of nitrogens with zero attached hydrogens (tertiary/aromatic N) is 4. The molecule has 0 bridgehead atoms. The zero-order valence-electron chi connectivity index (χ0n) is 11.3. The summed E-state index contributed by atoms with van der Waals surface area (Å²) in [4.78, 5) is 8.86. The quantitative estimate of drug-likeness (QED) is 0.891. The molecule has 1 aliphatic rings. The summed E-state index contributed by atoms with van der Waals surface area (Å²) in [5, 5.41) is 10.5. The van der Waals surface area contributed by atoms with Crippen molar-refractivity contribution in [2.24, 2.45) is 5.92 Å². The number of aliphatic hydroxyl groups is 1. The van der Waals surface area contributed by atoms with Crippen LogP contribution in [0.1, 0.15) is 25.6 Å². The van der Waals surface area contributed by atoms with Gasteiger partial charge in [0.2, 0.25) is 5.13 Å². The zero-order valence-corrected chi connectivity index (χ0v) is 12.2. The maximum absolute atomic E-state index is 9.57. The topological polar surface area (TPSA) is 52.5 Å². The van der Waals surface area contributed by atoms with E-state index in [0.717, 1.165) is 43.4 Å². The van der Waals surface area contributed by atoms with Crippen LogP contribution in [0.2, 0.25) is 0 Å². The first-order valence-corrected chi connectivity index (χ1v) is 7.24. The van der Waals surface area contributed by atoms with Crippen molar-refractivity contribution in [2.75, 3.05) is 32.1 Å². The van der Waals surface area contributed by atoms with E-state index in [9.17, 15) is 5.11 Å². The van der Waals surface area contributed by atoms with Crippen LogP contribution < -0.4 is 4.90 Å². The molecule has 1 saturated heterocycles. The average Bonchev–Trinajstić information content (AvgIpc) is 2.78. The minimum absolute atomic E-state index is 0.176. The summed E-state index contributed by atoms with van der Waals surface area (Å²) >= 11 is 1.45. The Morgan fingerprint density at radius 2 is 2.11 bits per heavy atom. The molecule has 1 aromatic heterocycles. The highest BCUT2D eigenvalue weighted by atomic mass is 32.1. The molecule has 1 aromatic rings. The summed E-state index contributed by atoms with van der Waals surface area (Å²) < 4.78 is 4.38. The van der Waals surface area contributed by atoms with Gasteiger partial charge in [0, 0.05) is 25.6 Å². The second-order valence-electron chi connectivity index (χ2n) is 5.24. The number of aromatic nitrogens is 2. The molecule has 1 N–H and O–H groups in total. The fraction of sp³-hybridized carbons (Fsp3) is 0.833. The standard InChI is InChI=1S/C12H22N4OS/c1-9(17)10-4-6-16(7-5-10)8-11-13-12(15(2)3)18-14-11/h9-10,17H,4-8H2,1-3H3. The van der Waals surface area contributed by atoms with Gasteiger partial charge < -0.3 is 10.0 Å². The maximum atomic E-state index is 9.57. The van der Waals surface area contributed by atoms with Crippen LogP contribution in [0.4, 0.5) is 5.13 Å². The van der Waals surface area contributed by atoms with Crippen LogP contribution in [0.3, 0.4) is 0 Å². The lowest BCUT2D eigenvalue weighted by Crippen LogP contribution is -2.36. The molecule has 2 rings (SSSR count). The monoisotopic (exact) mass is 270 g/mol. The maximum Gasteiger partial charge on any atom is 0.204 e. The van der Waals surface area contributed by atoms with Gasteiger partial charge in [0.05, 0.1) is 12.6 Å². The van der Waals surface area contributed by atoms with Gasteiger partial charge in [-0.2, -0.15) is 4.37 Å². The molecule has 1 unspecified atom stereocenters. The van der Waals surface area contributed by atoms with Gasteiger partial charge in [0.1, 0.15) is 0 Å². The van der Waals surface area contributed by atoms with E-state index in [1.807, 2.05) is 25.9 Å². The molecular formula is C12H22N4OS. The van der Waals surface area contributed by atoms with Crippen molar-refractivity contribution < 1.29 is 5.11 Å². The molecule has 0 amide bonds. The summed E-state index contributed by atoms with van der Waals surface area (Å²) in [6, 6.07) is 0. The zero-order chi connectivity index (χ0) is 13.1. The Morgan fingerprint density at radius 3 is 2.61 bits per heavy atom. The van der Waals surface area contributed by atoms with E-state index in [2.05, 4.69) is 14.3 Å². The van der Waals surface area contributed by atoms with Crippen LogP contribution in [-0.4, -0.2) is 52.7 Å². The fourth-order valence-electron chi connectivity index (χ4n) is 2.28. The Morgan fingerprint density at radius 1 is 1.44 bits per heavy atom. The van der Waals surface area contributed by atoms with Crippen molar-refractivity contribution in [3.63, 3.8) is 0 Å². The smallest absolute Gasteiger partial charge is 0.204 e. The first-order chi connectivity index (χ1) is 8.56. The van der Waals surface area contributed by atoms with Crippen LogP contribution in [0.15, 0.2) is 0 Å². The van der Waals surface area contributed by atoms with Crippen LogP contribution in [-0.2, 0) is 6.54 Å². The predicted molar refractivity (Wildman–Crippen MR) is 73.9 cm³/mol. The van der Waals surface area contributed by atoms with E-state index in [1.165, 1.54) is 11.5 Å². The van der Waals surface area contributed by atoms with E-state index < -0.39 is 0 Å². The SMILES string of the molecule is CC(O)C1CCN(Cc2nsc(N(C)C)n2)CC1. The minimum Gasteiger partial charge on any atom is -0.393 e. The Balaban J connectivity index is 1.84. The molecule has 0 aliphatic carbocycles. The predicted octanol–water partition coefficient (Wildman–Crippen LogP) is 1.20. The third-order valence-electron chi connectivity index (χ3n) is 3.52. The Hall–Kier alpha value is -0.720. The number of piperidine rings is 1. The van der Waals surface area contributed by atoms with Gasteiger partial charge in [0.15, 0.2) is 5.82 Å². The summed E-state index contributed by atoms with van der Waals surface area (Å²) in [7, 11) is 3.97. The normalized spacial score (nSPS) is 20.0. The Bertz CT molecular complexity index is 372. The van der Waals surface area contributed by atoms with Crippen molar-refractivity contribution >= 4 is 16.7 Å². The molecule has 1 atom stereocenters. The molecule has 6 heteroatoms. The van der Waals surface area contributed by atoms with Crippen molar-refractivity contribution in [3.8, 4) is 0 Å². The van der Waals surface area contributed by atoms with Crippen molar-refractivity contribution in [1.82, 2.24) is 14.3 Å². The summed E-state index contributed by atoms with van der Waals surface area (Å²) in [6.45, 7) is 4.79. The van der Waals surface area contributed by atoms with E-state index in [0.29, 0.717) is 5.92 Å². The molecule has 1 aliphatic heterocycles. The molecule has 0 spiro atoms. The number of hydrogen-bond donors (Lipinski definition) is 1. The highest BCUT2D eigenvalue weighted by molar-refractivity contribution is 7.09. The molecule has 102 valence electrons. The number of aliphatic hydroxyl groups excluding tert-OH is 1. The lowest BCUT2D eigenvalue weighted by molar-refractivity contribution is 0.0688. The van der Waals surface area contributed by atoms with Gasteiger partial charge in [-0.3, -0.25) is 4.90 Å². The highest BCUT2D eigenvalue weighted by Gasteiger charge is 2.23. The van der Waals surface area contributed by atoms with E-state index in [-0.39, 0.29) is 6.10 Å². The van der Waals surface area contributed by atoms with Crippen molar-refractivity contribution in [2.45, 2.75) is 32.4 Å². The number of rotatable bonds is 4. The molecule has 0 radical (unpaired) electrons. The molecule has 0 aromatic carbocycles. The average molecular weight is 270 g/mol. The molecule has 1 fully saturated rings. The van der Waals surface area contributed by atoms with E-state index >= 15 is 0 Å². The fourth-order valence-corrected chi connectivity index (χ4v) is 2.88. The summed E-state index contributed by atoms with van der Waals surface area (Å²) in [6.07, 6.45) is 1.97. The third-order valence-corrected chi connectivity index (χ3v) is 4.44. The number of anilines is 1. The minimum atomic E-state index is -0.176. The largest absolute Gasteiger partial charge is 0.393 e. The second kappa shape index (κ2) is 5.95. The van der Waals surface area contributed by atoms with Gasteiger partial charge in [-0.1, -0.05) is 0 Å². The van der Waals surface area contributed by atoms with E-state index in [1.54, 1.807) is 0 Å². The Kier molecular flexibility index (Phi) is 4.53. The first kappa shape index (κ1) is 13.7. The van der Waals surface area contributed by atoms with Gasteiger partial charge >= 0.3 is 0 Å². The molecule has 5 nitrogen and oxygen atoms in total. The van der Waals surface area contributed by atoms with Gasteiger partial charge in [-0.15, -0.1) is 0 Å². The highest BCUT2D eigenvalue weighted by Crippen LogP contribution is 2.22. The molecule has 2 heterocycles. The van der Waals surface area contributed by atoms with Crippen LogP contribution in [0.5, 0.6) is 0 Å². The number of likely N-dealkylation sites (tertiary alicyclic amines) is 1. The van der Waals surface area contributed by atoms with Crippen LogP contribution in [0.25, 0.3) is 0 Å².